The number of nitrogens with one attached hydrogen (secondary N) is 1. The summed E-state index contributed by atoms with van der Waals surface area (Å²) in [5, 5.41) is 7.19. The summed E-state index contributed by atoms with van der Waals surface area (Å²) in [7, 11) is 0. The molecule has 6 nitrogen and oxygen atoms in total. The number of hydrogen-bond acceptors (Lipinski definition) is 4. The Kier molecular flexibility index (Phi) is 3.85. The molecule has 1 aromatic heterocycles. The minimum absolute atomic E-state index is 0.184. The van der Waals surface area contributed by atoms with Crippen LogP contribution in [0.1, 0.15) is 21.5 Å². The van der Waals surface area contributed by atoms with Crippen LogP contribution >= 0.6 is 0 Å². The third kappa shape index (κ3) is 3.33. The second-order valence-corrected chi connectivity index (χ2v) is 5.91. The molecule has 2 heterocycles. The molecule has 1 aliphatic rings. The Bertz CT molecular complexity index is 916. The maximum Gasteiger partial charge on any atom is 0.257 e. The van der Waals surface area contributed by atoms with Gasteiger partial charge in [-0.25, -0.2) is 0 Å². The molecule has 25 heavy (non-hydrogen) atoms. The second kappa shape index (κ2) is 6.32. The van der Waals surface area contributed by atoms with Crippen LogP contribution in [0.2, 0.25) is 0 Å². The van der Waals surface area contributed by atoms with Gasteiger partial charge < -0.3 is 14.8 Å². The van der Waals surface area contributed by atoms with Crippen LogP contribution in [-0.4, -0.2) is 22.5 Å². The number of aromatic nitrogens is 2. The summed E-state index contributed by atoms with van der Waals surface area (Å²) in [6, 6.07) is 15.2. The number of amides is 1. The van der Waals surface area contributed by atoms with E-state index in [1.807, 2.05) is 6.20 Å². The van der Waals surface area contributed by atoms with Crippen LogP contribution in [0.5, 0.6) is 11.5 Å². The van der Waals surface area contributed by atoms with E-state index in [0.29, 0.717) is 29.4 Å². The van der Waals surface area contributed by atoms with Gasteiger partial charge in [0.25, 0.3) is 5.91 Å². The van der Waals surface area contributed by atoms with Crippen LogP contribution < -0.4 is 14.8 Å². The van der Waals surface area contributed by atoms with Crippen molar-refractivity contribution in [3.05, 3.63) is 71.4 Å². The van der Waals surface area contributed by atoms with Crippen LogP contribution in [-0.2, 0) is 6.54 Å². The quantitative estimate of drug-likeness (QED) is 0.795. The molecule has 4 rings (SSSR count). The van der Waals surface area contributed by atoms with Crippen molar-refractivity contribution in [2.45, 2.75) is 13.5 Å². The number of carbonyl (C=O) groups is 1. The van der Waals surface area contributed by atoms with Crippen LogP contribution in [0, 0.1) is 6.92 Å². The minimum Gasteiger partial charge on any atom is -0.454 e. The zero-order valence-corrected chi connectivity index (χ0v) is 13.7. The first-order valence-electron chi connectivity index (χ1n) is 7.97. The first-order valence-corrected chi connectivity index (χ1v) is 7.97. The smallest absolute Gasteiger partial charge is 0.257 e. The molecule has 0 fully saturated rings. The Morgan fingerprint density at radius 1 is 1.12 bits per heavy atom. The van der Waals surface area contributed by atoms with E-state index in [1.165, 1.54) is 5.56 Å². The van der Waals surface area contributed by atoms with E-state index in [0.717, 1.165) is 5.56 Å². The molecular formula is C19H17N3O3. The molecule has 0 atom stereocenters. The fraction of sp³-hybridized carbons (Fsp3) is 0.158. The number of nitrogens with zero attached hydrogens (tertiary/aromatic N) is 2. The van der Waals surface area contributed by atoms with Gasteiger partial charge in [0.1, 0.15) is 0 Å². The molecular weight excluding hydrogens is 318 g/mol. The highest BCUT2D eigenvalue weighted by Gasteiger charge is 2.16. The van der Waals surface area contributed by atoms with Gasteiger partial charge in [-0.05, 0) is 30.7 Å². The predicted octanol–water partition coefficient (Wildman–Crippen LogP) is 3.22. The van der Waals surface area contributed by atoms with E-state index in [2.05, 4.69) is 41.6 Å². The van der Waals surface area contributed by atoms with Crippen LogP contribution in [0.3, 0.4) is 0 Å². The molecule has 0 spiro atoms. The summed E-state index contributed by atoms with van der Waals surface area (Å²) >= 11 is 0. The van der Waals surface area contributed by atoms with E-state index in [-0.39, 0.29) is 12.7 Å². The Hall–Kier alpha value is -3.28. The van der Waals surface area contributed by atoms with Gasteiger partial charge in [0.2, 0.25) is 6.79 Å². The van der Waals surface area contributed by atoms with Crippen molar-refractivity contribution in [3.63, 3.8) is 0 Å². The lowest BCUT2D eigenvalue weighted by Crippen LogP contribution is -2.12. The largest absolute Gasteiger partial charge is 0.454 e. The second-order valence-electron chi connectivity index (χ2n) is 5.91. The van der Waals surface area contributed by atoms with E-state index in [1.54, 1.807) is 28.9 Å². The van der Waals surface area contributed by atoms with Crippen molar-refractivity contribution in [1.29, 1.82) is 0 Å². The van der Waals surface area contributed by atoms with Crippen LogP contribution in [0.25, 0.3) is 0 Å². The van der Waals surface area contributed by atoms with Crippen molar-refractivity contribution in [2.24, 2.45) is 0 Å². The van der Waals surface area contributed by atoms with Crippen molar-refractivity contribution in [1.82, 2.24) is 9.78 Å². The summed E-state index contributed by atoms with van der Waals surface area (Å²) in [6.07, 6.45) is 1.84. The molecule has 1 aliphatic heterocycles. The molecule has 1 N–H and O–H groups in total. The van der Waals surface area contributed by atoms with E-state index in [4.69, 9.17) is 9.47 Å². The molecule has 2 aromatic carbocycles. The summed E-state index contributed by atoms with van der Waals surface area (Å²) in [5.41, 5.74) is 2.88. The fourth-order valence-corrected chi connectivity index (χ4v) is 2.62. The maximum atomic E-state index is 12.4. The van der Waals surface area contributed by atoms with Gasteiger partial charge in [-0.1, -0.05) is 29.8 Å². The zero-order valence-electron chi connectivity index (χ0n) is 13.7. The number of benzene rings is 2. The van der Waals surface area contributed by atoms with Crippen molar-refractivity contribution in [2.75, 3.05) is 12.1 Å². The van der Waals surface area contributed by atoms with E-state index >= 15 is 0 Å². The topological polar surface area (TPSA) is 65.4 Å². The van der Waals surface area contributed by atoms with Crippen molar-refractivity contribution in [3.8, 4) is 11.5 Å². The van der Waals surface area contributed by atoms with E-state index in [9.17, 15) is 4.79 Å². The molecule has 0 bridgehead atoms. The molecule has 126 valence electrons. The Labute approximate surface area is 145 Å². The van der Waals surface area contributed by atoms with E-state index < -0.39 is 0 Å². The van der Waals surface area contributed by atoms with Gasteiger partial charge in [0.05, 0.1) is 6.54 Å². The highest BCUT2D eigenvalue weighted by atomic mass is 16.7. The molecule has 0 saturated carbocycles. The third-order valence-electron chi connectivity index (χ3n) is 3.98. The molecule has 3 aromatic rings. The molecule has 0 unspecified atom stereocenters. The highest BCUT2D eigenvalue weighted by molar-refractivity contribution is 6.04. The van der Waals surface area contributed by atoms with Gasteiger partial charge in [-0.3, -0.25) is 9.48 Å². The number of ether oxygens (including phenoxy) is 2. The van der Waals surface area contributed by atoms with Crippen molar-refractivity contribution >= 4 is 11.7 Å². The van der Waals surface area contributed by atoms with Crippen molar-refractivity contribution < 1.29 is 14.3 Å². The Morgan fingerprint density at radius 2 is 1.92 bits per heavy atom. The number of hydrogen-bond donors (Lipinski definition) is 1. The molecule has 0 saturated heterocycles. The lowest BCUT2D eigenvalue weighted by Gasteiger charge is -2.04. The first kappa shape index (κ1) is 15.3. The van der Waals surface area contributed by atoms with Gasteiger partial charge in [-0.2, -0.15) is 5.10 Å². The average Bonchev–Trinajstić information content (AvgIpc) is 3.25. The zero-order chi connectivity index (χ0) is 17.2. The van der Waals surface area contributed by atoms with Crippen LogP contribution in [0.15, 0.2) is 54.7 Å². The fourth-order valence-electron chi connectivity index (χ4n) is 2.62. The van der Waals surface area contributed by atoms with Gasteiger partial charge in [-0.15, -0.1) is 0 Å². The number of carbonyl (C=O) groups excluding carboxylic acids is 1. The molecule has 6 heteroatoms. The summed E-state index contributed by atoms with van der Waals surface area (Å²) in [6.45, 7) is 2.89. The lowest BCUT2D eigenvalue weighted by molar-refractivity contribution is 0.102. The summed E-state index contributed by atoms with van der Waals surface area (Å²) in [5.74, 6) is 1.50. The Balaban J connectivity index is 1.43. The number of aryl methyl sites for hydroxylation is 1. The standard InChI is InChI=1S/C19H17N3O3/c1-13-2-4-14(5-3-13)11-22-9-8-18(21-22)20-19(23)15-6-7-16-17(10-15)25-12-24-16/h2-10H,11-12H2,1H3,(H,20,21,23). The number of anilines is 1. The number of fused-ring (bicyclic) bond motifs is 1. The summed E-state index contributed by atoms with van der Waals surface area (Å²) < 4.78 is 12.3. The predicted molar refractivity (Wildman–Crippen MR) is 93.0 cm³/mol. The first-order chi connectivity index (χ1) is 12.2. The normalized spacial score (nSPS) is 12.2. The maximum absolute atomic E-state index is 12.4. The number of rotatable bonds is 4. The summed E-state index contributed by atoms with van der Waals surface area (Å²) in [4.78, 5) is 12.4. The molecule has 1 amide bonds. The highest BCUT2D eigenvalue weighted by Crippen LogP contribution is 2.32. The molecule has 0 aliphatic carbocycles. The van der Waals surface area contributed by atoms with Gasteiger partial charge in [0.15, 0.2) is 17.3 Å². The Morgan fingerprint density at radius 3 is 2.76 bits per heavy atom. The van der Waals surface area contributed by atoms with Gasteiger partial charge >= 0.3 is 0 Å². The minimum atomic E-state index is -0.237. The van der Waals surface area contributed by atoms with Gasteiger partial charge in [0, 0.05) is 17.8 Å². The average molecular weight is 335 g/mol. The molecule has 0 radical (unpaired) electrons. The SMILES string of the molecule is Cc1ccc(Cn2ccc(NC(=O)c3ccc4c(c3)OCO4)n2)cc1. The third-order valence-corrected chi connectivity index (χ3v) is 3.98. The lowest BCUT2D eigenvalue weighted by atomic mass is 10.1. The monoisotopic (exact) mass is 335 g/mol. The van der Waals surface area contributed by atoms with Crippen LogP contribution in [0.4, 0.5) is 5.82 Å².